The van der Waals surface area contributed by atoms with Gasteiger partial charge in [-0.1, -0.05) is 12.1 Å². The smallest absolute Gasteiger partial charge is 0.254 e. The molecule has 5 nitrogen and oxygen atoms in total. The number of rotatable bonds is 6. The number of nitrogens with zero attached hydrogens (tertiary/aromatic N) is 2. The highest BCUT2D eigenvalue weighted by Crippen LogP contribution is 2.26. The highest BCUT2D eigenvalue weighted by Gasteiger charge is 2.31. The largest absolute Gasteiger partial charge is 0.376 e. The normalized spacial score (nSPS) is 25.3. The number of hydrogen-bond acceptors (Lipinski definition) is 4. The number of benzene rings is 1. The van der Waals surface area contributed by atoms with Crippen LogP contribution >= 0.6 is 11.8 Å². The van der Waals surface area contributed by atoms with Crippen molar-refractivity contribution in [2.45, 2.75) is 50.8 Å². The van der Waals surface area contributed by atoms with Gasteiger partial charge >= 0.3 is 0 Å². The van der Waals surface area contributed by atoms with Crippen molar-refractivity contribution in [1.29, 1.82) is 0 Å². The van der Waals surface area contributed by atoms with Gasteiger partial charge in [0.2, 0.25) is 5.91 Å². The summed E-state index contributed by atoms with van der Waals surface area (Å²) in [4.78, 5) is 29.0. The third kappa shape index (κ3) is 4.49. The molecule has 1 aromatic rings. The van der Waals surface area contributed by atoms with Gasteiger partial charge in [0, 0.05) is 50.0 Å². The molecule has 146 valence electrons. The lowest BCUT2D eigenvalue weighted by molar-refractivity contribution is -0.128. The summed E-state index contributed by atoms with van der Waals surface area (Å²) in [5, 5.41) is 0. The summed E-state index contributed by atoms with van der Waals surface area (Å²) in [5.74, 6) is 2.49. The van der Waals surface area contributed by atoms with E-state index in [1.807, 2.05) is 40.9 Å². The zero-order chi connectivity index (χ0) is 18.6. The Hall–Kier alpha value is -1.53. The van der Waals surface area contributed by atoms with Crippen LogP contribution in [0.2, 0.25) is 0 Å². The predicted molar refractivity (Wildman–Crippen MR) is 107 cm³/mol. The van der Waals surface area contributed by atoms with Crippen molar-refractivity contribution in [3.8, 4) is 0 Å². The van der Waals surface area contributed by atoms with E-state index in [1.165, 1.54) is 0 Å². The molecule has 0 radical (unpaired) electrons. The van der Waals surface area contributed by atoms with Crippen LogP contribution in [0.15, 0.2) is 24.3 Å². The number of carbonyl (C=O) groups is 2. The molecule has 3 fully saturated rings. The monoisotopic (exact) mass is 388 g/mol. The number of hydrogen-bond donors (Lipinski definition) is 0. The first kappa shape index (κ1) is 18.8. The molecule has 0 spiro atoms. The van der Waals surface area contributed by atoms with E-state index < -0.39 is 0 Å². The van der Waals surface area contributed by atoms with Crippen molar-refractivity contribution < 1.29 is 14.3 Å². The third-order valence-electron chi connectivity index (χ3n) is 5.78. The Balaban J connectivity index is 1.44. The zero-order valence-electron chi connectivity index (χ0n) is 15.8. The van der Waals surface area contributed by atoms with Crippen LogP contribution in [0.4, 0.5) is 0 Å². The Bertz CT molecular complexity index is 667. The molecule has 2 unspecified atom stereocenters. The molecule has 0 aliphatic carbocycles. The SMILES string of the molecule is O=C1CCCN1Cc1ccc(C(=O)N(CC2CCCO2)C2CCSC2)cc1. The minimum atomic E-state index is 0.113. The third-order valence-corrected chi connectivity index (χ3v) is 6.92. The molecule has 3 aliphatic rings. The molecule has 4 rings (SSSR count). The van der Waals surface area contributed by atoms with E-state index in [0.717, 1.165) is 61.5 Å². The maximum atomic E-state index is 13.2. The Morgan fingerprint density at radius 2 is 2.07 bits per heavy atom. The molecule has 0 saturated carbocycles. The van der Waals surface area contributed by atoms with Crippen LogP contribution in [-0.4, -0.2) is 65.0 Å². The standard InChI is InChI=1S/C21H28N2O3S/c24-20-4-1-10-22(20)13-16-5-7-17(8-6-16)21(25)23(18-9-12-27-15-18)14-19-3-2-11-26-19/h5-8,18-19H,1-4,9-15H2. The molecule has 0 N–H and O–H groups in total. The van der Waals surface area contributed by atoms with Crippen molar-refractivity contribution in [3.63, 3.8) is 0 Å². The molecule has 2 amide bonds. The highest BCUT2D eigenvalue weighted by atomic mass is 32.2. The van der Waals surface area contributed by atoms with Gasteiger partial charge in [0.15, 0.2) is 0 Å². The van der Waals surface area contributed by atoms with Gasteiger partial charge in [0.05, 0.1) is 6.10 Å². The molecule has 0 bridgehead atoms. The lowest BCUT2D eigenvalue weighted by atomic mass is 10.1. The van der Waals surface area contributed by atoms with Gasteiger partial charge < -0.3 is 14.5 Å². The fraction of sp³-hybridized carbons (Fsp3) is 0.619. The van der Waals surface area contributed by atoms with Crippen LogP contribution in [0.5, 0.6) is 0 Å². The molecule has 2 atom stereocenters. The van der Waals surface area contributed by atoms with Crippen molar-refractivity contribution in [2.24, 2.45) is 0 Å². The molecule has 27 heavy (non-hydrogen) atoms. The quantitative estimate of drug-likeness (QED) is 0.752. The van der Waals surface area contributed by atoms with Crippen LogP contribution in [0.25, 0.3) is 0 Å². The molecule has 0 aromatic heterocycles. The Kier molecular flexibility index (Phi) is 6.03. The van der Waals surface area contributed by atoms with E-state index in [0.29, 0.717) is 25.6 Å². The van der Waals surface area contributed by atoms with E-state index in [-0.39, 0.29) is 17.9 Å². The van der Waals surface area contributed by atoms with Gasteiger partial charge in [-0.3, -0.25) is 9.59 Å². The van der Waals surface area contributed by atoms with Crippen molar-refractivity contribution in [2.75, 3.05) is 31.2 Å². The Morgan fingerprint density at radius 1 is 1.22 bits per heavy atom. The second-order valence-electron chi connectivity index (χ2n) is 7.73. The van der Waals surface area contributed by atoms with Gasteiger partial charge in [-0.2, -0.15) is 11.8 Å². The first-order valence-corrected chi connectivity index (χ1v) is 11.2. The topological polar surface area (TPSA) is 49.9 Å². The first-order valence-electron chi connectivity index (χ1n) is 10.1. The van der Waals surface area contributed by atoms with Crippen LogP contribution in [0.3, 0.4) is 0 Å². The fourth-order valence-corrected chi connectivity index (χ4v) is 5.41. The van der Waals surface area contributed by atoms with E-state index in [1.54, 1.807) is 0 Å². The molecule has 3 aliphatic heterocycles. The minimum Gasteiger partial charge on any atom is -0.376 e. The number of carbonyl (C=O) groups excluding carboxylic acids is 2. The van der Waals surface area contributed by atoms with Gasteiger partial charge in [0.1, 0.15) is 0 Å². The molecule has 1 aromatic carbocycles. The predicted octanol–water partition coefficient (Wildman–Crippen LogP) is 2.94. The van der Waals surface area contributed by atoms with Crippen LogP contribution in [-0.2, 0) is 16.1 Å². The maximum Gasteiger partial charge on any atom is 0.254 e. The lowest BCUT2D eigenvalue weighted by Gasteiger charge is -2.31. The fourth-order valence-electron chi connectivity index (χ4n) is 4.18. The summed E-state index contributed by atoms with van der Waals surface area (Å²) < 4.78 is 5.79. The summed E-state index contributed by atoms with van der Waals surface area (Å²) in [6.45, 7) is 3.00. The number of amides is 2. The number of ether oxygens (including phenoxy) is 1. The van der Waals surface area contributed by atoms with Crippen LogP contribution < -0.4 is 0 Å². The Morgan fingerprint density at radius 3 is 2.70 bits per heavy atom. The average Bonchev–Trinajstić information content (AvgIpc) is 3.44. The second-order valence-corrected chi connectivity index (χ2v) is 8.88. The lowest BCUT2D eigenvalue weighted by Crippen LogP contribution is -2.44. The van der Waals surface area contributed by atoms with Crippen LogP contribution in [0.1, 0.15) is 48.0 Å². The highest BCUT2D eigenvalue weighted by molar-refractivity contribution is 7.99. The van der Waals surface area contributed by atoms with E-state index in [9.17, 15) is 9.59 Å². The van der Waals surface area contributed by atoms with Crippen molar-refractivity contribution in [1.82, 2.24) is 9.80 Å². The second kappa shape index (κ2) is 8.65. The minimum absolute atomic E-state index is 0.113. The molecule has 3 heterocycles. The summed E-state index contributed by atoms with van der Waals surface area (Å²) >= 11 is 1.93. The van der Waals surface area contributed by atoms with E-state index >= 15 is 0 Å². The molecule has 3 saturated heterocycles. The molecular weight excluding hydrogens is 360 g/mol. The van der Waals surface area contributed by atoms with Crippen molar-refractivity contribution in [3.05, 3.63) is 35.4 Å². The van der Waals surface area contributed by atoms with Gasteiger partial charge in [-0.05, 0) is 49.1 Å². The Labute approximate surface area is 165 Å². The molecule has 6 heteroatoms. The summed E-state index contributed by atoms with van der Waals surface area (Å²) in [7, 11) is 0. The van der Waals surface area contributed by atoms with Gasteiger partial charge in [-0.15, -0.1) is 0 Å². The zero-order valence-corrected chi connectivity index (χ0v) is 16.6. The summed E-state index contributed by atoms with van der Waals surface area (Å²) in [6.07, 6.45) is 5.00. The van der Waals surface area contributed by atoms with E-state index in [2.05, 4.69) is 4.90 Å². The first-order chi connectivity index (χ1) is 13.2. The average molecular weight is 389 g/mol. The number of likely N-dealkylation sites (tertiary alicyclic amines) is 1. The van der Waals surface area contributed by atoms with Gasteiger partial charge in [-0.25, -0.2) is 0 Å². The molecular formula is C21H28N2O3S. The van der Waals surface area contributed by atoms with Gasteiger partial charge in [0.25, 0.3) is 5.91 Å². The van der Waals surface area contributed by atoms with Crippen molar-refractivity contribution >= 4 is 23.6 Å². The summed E-state index contributed by atoms with van der Waals surface area (Å²) in [5.41, 5.74) is 1.82. The number of thioether (sulfide) groups is 1. The van der Waals surface area contributed by atoms with Crippen LogP contribution in [0, 0.1) is 0 Å². The van der Waals surface area contributed by atoms with E-state index in [4.69, 9.17) is 4.74 Å². The summed E-state index contributed by atoms with van der Waals surface area (Å²) in [6, 6.07) is 8.14. The maximum absolute atomic E-state index is 13.2.